The van der Waals surface area contributed by atoms with Gasteiger partial charge < -0.3 is 20.5 Å². The minimum absolute atomic E-state index is 0.156. The van der Waals surface area contributed by atoms with Crippen LogP contribution < -0.4 is 10.6 Å². The molecule has 0 saturated carbocycles. The van der Waals surface area contributed by atoms with E-state index in [1.54, 1.807) is 18.2 Å². The van der Waals surface area contributed by atoms with E-state index in [1.165, 1.54) is 13.1 Å². The van der Waals surface area contributed by atoms with Gasteiger partial charge in [-0.15, -0.1) is 0 Å². The van der Waals surface area contributed by atoms with Gasteiger partial charge in [-0.25, -0.2) is 0 Å². The Morgan fingerprint density at radius 1 is 1.17 bits per heavy atom. The van der Waals surface area contributed by atoms with Gasteiger partial charge in [-0.1, -0.05) is 6.07 Å². The summed E-state index contributed by atoms with van der Waals surface area (Å²) >= 11 is 0. The molecule has 2 rings (SSSR count). The number of benzene rings is 1. The number of ether oxygens (including phenoxy) is 1. The third-order valence-electron chi connectivity index (χ3n) is 3.93. The SMILES string of the molecule is CNC(=O)c1cccc(C(=O)NC2(CC(=O)O)CCOCC2)c1. The van der Waals surface area contributed by atoms with Crippen molar-refractivity contribution in [1.29, 1.82) is 0 Å². The van der Waals surface area contributed by atoms with E-state index in [9.17, 15) is 14.4 Å². The van der Waals surface area contributed by atoms with Crippen molar-refractivity contribution < 1.29 is 24.2 Å². The Hall–Kier alpha value is -2.41. The van der Waals surface area contributed by atoms with E-state index < -0.39 is 11.5 Å². The minimum Gasteiger partial charge on any atom is -0.481 e. The molecule has 1 aromatic rings. The molecule has 124 valence electrons. The highest BCUT2D eigenvalue weighted by molar-refractivity contribution is 5.99. The van der Waals surface area contributed by atoms with Crippen LogP contribution >= 0.6 is 0 Å². The summed E-state index contributed by atoms with van der Waals surface area (Å²) in [6.07, 6.45) is 0.734. The Morgan fingerprint density at radius 3 is 2.35 bits per heavy atom. The van der Waals surface area contributed by atoms with Crippen LogP contribution in [0.1, 0.15) is 40.0 Å². The molecule has 1 saturated heterocycles. The maximum Gasteiger partial charge on any atom is 0.305 e. The molecule has 0 atom stereocenters. The zero-order valence-electron chi connectivity index (χ0n) is 12.9. The summed E-state index contributed by atoms with van der Waals surface area (Å²) in [5.41, 5.74) is -0.119. The molecule has 0 bridgehead atoms. The molecule has 7 nitrogen and oxygen atoms in total. The van der Waals surface area contributed by atoms with Gasteiger partial charge in [0.05, 0.1) is 12.0 Å². The van der Waals surface area contributed by atoms with E-state index >= 15 is 0 Å². The number of carbonyl (C=O) groups excluding carboxylic acids is 2. The van der Waals surface area contributed by atoms with E-state index in [0.29, 0.717) is 37.2 Å². The lowest BCUT2D eigenvalue weighted by Crippen LogP contribution is -2.53. The highest BCUT2D eigenvalue weighted by Gasteiger charge is 2.36. The van der Waals surface area contributed by atoms with E-state index in [-0.39, 0.29) is 18.2 Å². The zero-order chi connectivity index (χ0) is 16.9. The van der Waals surface area contributed by atoms with Gasteiger partial charge in [-0.2, -0.15) is 0 Å². The second-order valence-corrected chi connectivity index (χ2v) is 5.58. The Bertz CT molecular complexity index is 608. The van der Waals surface area contributed by atoms with E-state index in [1.807, 2.05) is 0 Å². The van der Waals surface area contributed by atoms with Crippen molar-refractivity contribution in [2.45, 2.75) is 24.8 Å². The quantitative estimate of drug-likeness (QED) is 0.744. The molecule has 0 radical (unpaired) electrons. The van der Waals surface area contributed by atoms with Crippen molar-refractivity contribution in [3.8, 4) is 0 Å². The molecule has 0 aromatic heterocycles. The number of nitrogens with one attached hydrogen (secondary N) is 2. The molecule has 1 aliphatic heterocycles. The number of amides is 2. The monoisotopic (exact) mass is 320 g/mol. The second kappa shape index (κ2) is 7.23. The first-order valence-electron chi connectivity index (χ1n) is 7.40. The number of aliphatic carboxylic acids is 1. The molecule has 1 heterocycles. The van der Waals surface area contributed by atoms with Gasteiger partial charge in [0.1, 0.15) is 0 Å². The van der Waals surface area contributed by atoms with E-state index in [0.717, 1.165) is 0 Å². The number of rotatable bonds is 5. The van der Waals surface area contributed by atoms with Crippen molar-refractivity contribution in [3.63, 3.8) is 0 Å². The zero-order valence-corrected chi connectivity index (χ0v) is 12.9. The molecular formula is C16H20N2O5. The summed E-state index contributed by atoms with van der Waals surface area (Å²) in [4.78, 5) is 35.3. The summed E-state index contributed by atoms with van der Waals surface area (Å²) in [7, 11) is 1.51. The maximum atomic E-state index is 12.5. The molecule has 0 unspecified atom stereocenters. The molecule has 3 N–H and O–H groups in total. The van der Waals surface area contributed by atoms with Gasteiger partial charge in [0, 0.05) is 31.4 Å². The predicted octanol–water partition coefficient (Wildman–Crippen LogP) is 0.800. The highest BCUT2D eigenvalue weighted by Crippen LogP contribution is 2.25. The average Bonchev–Trinajstić information content (AvgIpc) is 2.54. The summed E-state index contributed by atoms with van der Waals surface area (Å²) in [6, 6.07) is 6.31. The molecule has 23 heavy (non-hydrogen) atoms. The Morgan fingerprint density at radius 2 is 1.78 bits per heavy atom. The van der Waals surface area contributed by atoms with E-state index in [4.69, 9.17) is 9.84 Å². The topological polar surface area (TPSA) is 105 Å². The Labute approximate surface area is 134 Å². The molecule has 1 aromatic carbocycles. The van der Waals surface area contributed by atoms with E-state index in [2.05, 4.69) is 10.6 Å². The molecule has 0 spiro atoms. The molecule has 7 heteroatoms. The highest BCUT2D eigenvalue weighted by atomic mass is 16.5. The third-order valence-corrected chi connectivity index (χ3v) is 3.93. The molecule has 1 aliphatic rings. The smallest absolute Gasteiger partial charge is 0.305 e. The van der Waals surface area contributed by atoms with Gasteiger partial charge in [-0.3, -0.25) is 14.4 Å². The first-order valence-corrected chi connectivity index (χ1v) is 7.40. The number of hydrogen-bond acceptors (Lipinski definition) is 4. The van der Waals surface area contributed by atoms with Crippen molar-refractivity contribution in [3.05, 3.63) is 35.4 Å². The predicted molar refractivity (Wildman–Crippen MR) is 82.3 cm³/mol. The Balaban J connectivity index is 2.18. The molecule has 2 amide bonds. The van der Waals surface area contributed by atoms with Crippen LogP contribution in [0.25, 0.3) is 0 Å². The van der Waals surface area contributed by atoms with Crippen LogP contribution in [0.4, 0.5) is 0 Å². The van der Waals surface area contributed by atoms with Gasteiger partial charge in [-0.05, 0) is 31.0 Å². The standard InChI is InChI=1S/C16H20N2O5/c1-17-14(21)11-3-2-4-12(9-11)15(22)18-16(10-13(19)20)5-7-23-8-6-16/h2-4,9H,5-8,10H2,1H3,(H,17,21)(H,18,22)(H,19,20). The summed E-state index contributed by atoms with van der Waals surface area (Å²) in [5.74, 6) is -1.64. The van der Waals surface area contributed by atoms with Gasteiger partial charge in [0.15, 0.2) is 0 Å². The maximum absolute atomic E-state index is 12.5. The largest absolute Gasteiger partial charge is 0.481 e. The first-order chi connectivity index (χ1) is 11.0. The lowest BCUT2D eigenvalue weighted by Gasteiger charge is -2.36. The number of carbonyl (C=O) groups is 3. The molecule has 1 fully saturated rings. The van der Waals surface area contributed by atoms with Crippen molar-refractivity contribution >= 4 is 17.8 Å². The van der Waals surface area contributed by atoms with Crippen molar-refractivity contribution in [2.24, 2.45) is 0 Å². The lowest BCUT2D eigenvalue weighted by molar-refractivity contribution is -0.139. The lowest BCUT2D eigenvalue weighted by atomic mass is 9.86. The summed E-state index contributed by atoms with van der Waals surface area (Å²) in [6.45, 7) is 0.817. The normalized spacial score (nSPS) is 16.4. The summed E-state index contributed by atoms with van der Waals surface area (Å²) < 4.78 is 5.26. The number of carboxylic acid groups (broad SMARTS) is 1. The number of carboxylic acids is 1. The fourth-order valence-corrected chi connectivity index (χ4v) is 2.66. The second-order valence-electron chi connectivity index (χ2n) is 5.58. The van der Waals surface area contributed by atoms with Gasteiger partial charge in [0.2, 0.25) is 0 Å². The minimum atomic E-state index is -0.966. The van der Waals surface area contributed by atoms with Crippen LogP contribution in [-0.2, 0) is 9.53 Å². The molecular weight excluding hydrogens is 300 g/mol. The average molecular weight is 320 g/mol. The first kappa shape index (κ1) is 17.0. The van der Waals surface area contributed by atoms with Crippen LogP contribution in [-0.4, -0.2) is 48.7 Å². The van der Waals surface area contributed by atoms with Crippen LogP contribution in [0.5, 0.6) is 0 Å². The van der Waals surface area contributed by atoms with Gasteiger partial charge >= 0.3 is 5.97 Å². The van der Waals surface area contributed by atoms with Crippen molar-refractivity contribution in [2.75, 3.05) is 20.3 Å². The fraction of sp³-hybridized carbons (Fsp3) is 0.438. The third kappa shape index (κ3) is 4.29. The van der Waals surface area contributed by atoms with Crippen LogP contribution in [0.2, 0.25) is 0 Å². The van der Waals surface area contributed by atoms with Crippen molar-refractivity contribution in [1.82, 2.24) is 10.6 Å². The summed E-state index contributed by atoms with van der Waals surface area (Å²) in [5, 5.41) is 14.4. The van der Waals surface area contributed by atoms with Crippen LogP contribution in [0, 0.1) is 0 Å². The Kier molecular flexibility index (Phi) is 5.33. The fourth-order valence-electron chi connectivity index (χ4n) is 2.66. The van der Waals surface area contributed by atoms with Crippen LogP contribution in [0.3, 0.4) is 0 Å². The van der Waals surface area contributed by atoms with Gasteiger partial charge in [0.25, 0.3) is 11.8 Å². The number of hydrogen-bond donors (Lipinski definition) is 3. The molecule has 0 aliphatic carbocycles. The van der Waals surface area contributed by atoms with Crippen LogP contribution in [0.15, 0.2) is 24.3 Å².